The molecule has 1 heterocycles. The van der Waals surface area contributed by atoms with Crippen molar-refractivity contribution in [3.05, 3.63) is 22.2 Å². The number of nitrogens with zero attached hydrogens (tertiary/aromatic N) is 1. The van der Waals surface area contributed by atoms with Crippen LogP contribution in [0.2, 0.25) is 0 Å². The Morgan fingerprint density at radius 1 is 1.75 bits per heavy atom. The maximum absolute atomic E-state index is 10.9. The summed E-state index contributed by atoms with van der Waals surface area (Å²) in [6.45, 7) is 0.520. The first-order valence-electron chi connectivity index (χ1n) is 3.55. The molecule has 0 fully saturated rings. The van der Waals surface area contributed by atoms with Crippen molar-refractivity contribution < 1.29 is 4.74 Å². The first-order chi connectivity index (χ1) is 5.76. The Hall–Kier alpha value is -1.36. The summed E-state index contributed by atoms with van der Waals surface area (Å²) in [5, 5.41) is 2.87. The summed E-state index contributed by atoms with van der Waals surface area (Å²) in [6.07, 6.45) is 0. The molecule has 1 rings (SSSR count). The molecule has 0 aliphatic heterocycles. The molecule has 5 nitrogen and oxygen atoms in total. The van der Waals surface area contributed by atoms with Gasteiger partial charge >= 0.3 is 0 Å². The van der Waals surface area contributed by atoms with Gasteiger partial charge in [-0.15, -0.1) is 0 Å². The van der Waals surface area contributed by atoms with Crippen molar-refractivity contribution in [3.63, 3.8) is 0 Å². The van der Waals surface area contributed by atoms with E-state index in [1.807, 2.05) is 0 Å². The lowest BCUT2D eigenvalue weighted by Crippen LogP contribution is -2.16. The Labute approximate surface area is 69.8 Å². The van der Waals surface area contributed by atoms with E-state index >= 15 is 0 Å². The fourth-order valence-electron chi connectivity index (χ4n) is 0.839. The Morgan fingerprint density at radius 3 is 3.08 bits per heavy atom. The predicted octanol–water partition coefficient (Wildman–Crippen LogP) is -0.502. The normalized spacial score (nSPS) is 9.83. The molecule has 0 saturated carbocycles. The van der Waals surface area contributed by atoms with E-state index in [1.54, 1.807) is 7.05 Å². The number of nitrogens with one attached hydrogen (secondary N) is 2. The lowest BCUT2D eigenvalue weighted by Gasteiger charge is -2.01. The maximum Gasteiger partial charge on any atom is 0.254 e. The van der Waals surface area contributed by atoms with Gasteiger partial charge in [-0.3, -0.25) is 4.79 Å². The van der Waals surface area contributed by atoms with Gasteiger partial charge < -0.3 is 15.0 Å². The van der Waals surface area contributed by atoms with Crippen molar-refractivity contribution in [2.45, 2.75) is 6.54 Å². The van der Waals surface area contributed by atoms with Crippen molar-refractivity contribution in [2.75, 3.05) is 14.2 Å². The van der Waals surface area contributed by atoms with Gasteiger partial charge in [-0.2, -0.15) is 4.98 Å². The van der Waals surface area contributed by atoms with Crippen LogP contribution < -0.4 is 15.6 Å². The van der Waals surface area contributed by atoms with Crippen LogP contribution in [-0.2, 0) is 6.54 Å². The van der Waals surface area contributed by atoms with Crippen LogP contribution in [0.1, 0.15) is 5.82 Å². The molecule has 0 amide bonds. The summed E-state index contributed by atoms with van der Waals surface area (Å²) < 4.78 is 4.82. The topological polar surface area (TPSA) is 67.0 Å². The van der Waals surface area contributed by atoms with E-state index in [2.05, 4.69) is 15.3 Å². The van der Waals surface area contributed by atoms with E-state index in [0.717, 1.165) is 0 Å². The third-order valence-corrected chi connectivity index (χ3v) is 1.32. The molecule has 0 unspecified atom stereocenters. The minimum Gasteiger partial charge on any atom is -0.481 e. The molecule has 0 spiro atoms. The third kappa shape index (κ3) is 2.06. The molecule has 2 N–H and O–H groups in total. The zero-order valence-electron chi connectivity index (χ0n) is 7.05. The van der Waals surface area contributed by atoms with Crippen molar-refractivity contribution in [1.82, 2.24) is 15.3 Å². The lowest BCUT2D eigenvalue weighted by atomic mass is 10.5. The molecule has 5 heteroatoms. The Balaban J connectivity index is 2.98. The van der Waals surface area contributed by atoms with Crippen LogP contribution in [0.4, 0.5) is 0 Å². The van der Waals surface area contributed by atoms with Crippen molar-refractivity contribution >= 4 is 0 Å². The van der Waals surface area contributed by atoms with E-state index < -0.39 is 0 Å². The number of hydrogen-bond acceptors (Lipinski definition) is 4. The first-order valence-corrected chi connectivity index (χ1v) is 3.55. The molecule has 12 heavy (non-hydrogen) atoms. The lowest BCUT2D eigenvalue weighted by molar-refractivity contribution is 0.393. The molecule has 0 atom stereocenters. The molecule has 0 aliphatic carbocycles. The van der Waals surface area contributed by atoms with Gasteiger partial charge in [0.2, 0.25) is 5.88 Å². The average molecular weight is 169 g/mol. The number of methoxy groups -OCH3 is 1. The van der Waals surface area contributed by atoms with Crippen LogP contribution >= 0.6 is 0 Å². The molecule has 0 saturated heterocycles. The summed E-state index contributed by atoms with van der Waals surface area (Å²) in [6, 6.07) is 1.30. The number of ether oxygens (including phenoxy) is 1. The van der Waals surface area contributed by atoms with E-state index in [9.17, 15) is 4.79 Å². The molecule has 0 aliphatic rings. The van der Waals surface area contributed by atoms with Gasteiger partial charge in [0, 0.05) is 0 Å². The zero-order chi connectivity index (χ0) is 8.97. The number of aromatic amines is 1. The van der Waals surface area contributed by atoms with Crippen molar-refractivity contribution in [2.24, 2.45) is 0 Å². The van der Waals surface area contributed by atoms with Crippen LogP contribution in [0.3, 0.4) is 0 Å². The summed E-state index contributed by atoms with van der Waals surface area (Å²) in [5.41, 5.74) is -0.202. The van der Waals surface area contributed by atoms with Crippen LogP contribution in [0.5, 0.6) is 5.88 Å². The highest BCUT2D eigenvalue weighted by Gasteiger charge is 1.98. The monoisotopic (exact) mass is 169 g/mol. The molecule has 0 bridgehead atoms. The van der Waals surface area contributed by atoms with Gasteiger partial charge in [-0.25, -0.2) is 0 Å². The van der Waals surface area contributed by atoms with Gasteiger partial charge in [0.25, 0.3) is 5.56 Å². The third-order valence-electron chi connectivity index (χ3n) is 1.32. The minimum absolute atomic E-state index is 0.202. The van der Waals surface area contributed by atoms with E-state index in [1.165, 1.54) is 13.2 Å². The van der Waals surface area contributed by atoms with Crippen LogP contribution in [0, 0.1) is 0 Å². The number of rotatable bonds is 3. The summed E-state index contributed by atoms with van der Waals surface area (Å²) in [5.74, 6) is 0.908. The van der Waals surface area contributed by atoms with Crippen molar-refractivity contribution in [3.8, 4) is 5.88 Å². The number of H-pyrrole nitrogens is 1. The standard InChI is InChI=1S/C7H11N3O2/c1-8-4-5-9-6(11)3-7(10-5)12-2/h3,8H,4H2,1-2H3,(H,9,10,11). The second-order valence-corrected chi connectivity index (χ2v) is 2.26. The maximum atomic E-state index is 10.9. The fraction of sp³-hybridized carbons (Fsp3) is 0.429. The number of aromatic nitrogens is 2. The van der Waals surface area contributed by atoms with Gasteiger partial charge in [0.05, 0.1) is 19.7 Å². The largest absolute Gasteiger partial charge is 0.481 e. The summed E-state index contributed by atoms with van der Waals surface area (Å²) in [4.78, 5) is 17.5. The van der Waals surface area contributed by atoms with E-state index in [0.29, 0.717) is 18.2 Å². The highest BCUT2D eigenvalue weighted by atomic mass is 16.5. The van der Waals surface area contributed by atoms with Gasteiger partial charge in [0.15, 0.2) is 0 Å². The fourth-order valence-corrected chi connectivity index (χ4v) is 0.839. The minimum atomic E-state index is -0.202. The van der Waals surface area contributed by atoms with Gasteiger partial charge in [0.1, 0.15) is 5.82 Å². The van der Waals surface area contributed by atoms with Gasteiger partial charge in [-0.05, 0) is 7.05 Å². The first kappa shape index (κ1) is 8.73. The van der Waals surface area contributed by atoms with Crippen molar-refractivity contribution in [1.29, 1.82) is 0 Å². The Bertz CT molecular complexity index is 308. The van der Waals surface area contributed by atoms with E-state index in [4.69, 9.17) is 4.74 Å². The molecule has 1 aromatic rings. The second-order valence-electron chi connectivity index (χ2n) is 2.26. The Morgan fingerprint density at radius 2 is 2.50 bits per heavy atom. The van der Waals surface area contributed by atoms with E-state index in [-0.39, 0.29) is 5.56 Å². The average Bonchev–Trinajstić information content (AvgIpc) is 2.04. The Kier molecular flexibility index (Phi) is 2.82. The SMILES string of the molecule is CNCc1nc(OC)cc(=O)[nH]1. The second kappa shape index (κ2) is 3.87. The predicted molar refractivity (Wildman–Crippen MR) is 44.2 cm³/mol. The molecule has 0 radical (unpaired) electrons. The molecule has 66 valence electrons. The summed E-state index contributed by atoms with van der Waals surface area (Å²) in [7, 11) is 3.25. The quantitative estimate of drug-likeness (QED) is 0.640. The van der Waals surface area contributed by atoms with Crippen LogP contribution in [0.25, 0.3) is 0 Å². The molecule has 0 aromatic carbocycles. The van der Waals surface area contributed by atoms with Crippen LogP contribution in [-0.4, -0.2) is 24.1 Å². The van der Waals surface area contributed by atoms with Crippen LogP contribution in [0.15, 0.2) is 10.9 Å². The zero-order valence-corrected chi connectivity index (χ0v) is 7.05. The molecule has 1 aromatic heterocycles. The highest BCUT2D eigenvalue weighted by Crippen LogP contribution is 1.99. The number of hydrogen-bond donors (Lipinski definition) is 2. The molecular formula is C7H11N3O2. The molecular weight excluding hydrogens is 158 g/mol. The highest BCUT2D eigenvalue weighted by molar-refractivity contribution is 5.08. The van der Waals surface area contributed by atoms with Gasteiger partial charge in [-0.1, -0.05) is 0 Å². The summed E-state index contributed by atoms with van der Waals surface area (Å²) >= 11 is 0. The smallest absolute Gasteiger partial charge is 0.254 e.